The maximum Gasteiger partial charge on any atom is 0.308 e. The fraction of sp³-hybridized carbons (Fsp3) is 0.833. The van der Waals surface area contributed by atoms with Crippen LogP contribution in [-0.2, 0) is 9.53 Å². The Morgan fingerprint density at radius 3 is 2.78 bits per heavy atom. The van der Waals surface area contributed by atoms with Gasteiger partial charge in [0.2, 0.25) is 0 Å². The lowest BCUT2D eigenvalue weighted by molar-refractivity contribution is -0.143. The van der Waals surface area contributed by atoms with Gasteiger partial charge in [0.25, 0.3) is 0 Å². The molecule has 0 bridgehead atoms. The van der Waals surface area contributed by atoms with E-state index in [1.54, 1.807) is 0 Å². The van der Waals surface area contributed by atoms with E-state index < -0.39 is 12.6 Å². The Morgan fingerprint density at radius 2 is 2.33 bits per heavy atom. The number of carbonyl (C=O) groups is 1. The molecule has 0 rings (SSSR count). The van der Waals surface area contributed by atoms with Gasteiger partial charge >= 0.3 is 5.97 Å². The van der Waals surface area contributed by atoms with Crippen LogP contribution in [-0.4, -0.2) is 19.3 Å². The molecular weight excluding hydrogens is 123 g/mol. The lowest BCUT2D eigenvalue weighted by atomic mass is 10.5. The van der Waals surface area contributed by atoms with Crippen molar-refractivity contribution in [3.05, 3.63) is 0 Å². The van der Waals surface area contributed by atoms with Gasteiger partial charge in [-0.2, -0.15) is 0 Å². The molecule has 0 aromatic heterocycles. The van der Waals surface area contributed by atoms with Crippen molar-refractivity contribution in [3.8, 4) is 0 Å². The molecule has 0 unspecified atom stereocenters. The second-order valence-electron chi connectivity index (χ2n) is 1.66. The Morgan fingerprint density at radius 1 is 1.67 bits per heavy atom. The summed E-state index contributed by atoms with van der Waals surface area (Å²) in [7, 11) is 0. The highest BCUT2D eigenvalue weighted by molar-refractivity contribution is 5.69. The average molecular weight is 134 g/mol. The van der Waals surface area contributed by atoms with Gasteiger partial charge < -0.3 is 4.74 Å². The monoisotopic (exact) mass is 134 g/mol. The van der Waals surface area contributed by atoms with Crippen molar-refractivity contribution >= 4 is 5.97 Å². The van der Waals surface area contributed by atoms with Gasteiger partial charge in [-0.15, -0.1) is 0 Å². The third-order valence-corrected chi connectivity index (χ3v) is 0.766. The largest absolute Gasteiger partial charge is 0.466 e. The number of carbonyl (C=O) groups excluding carboxylic acids is 1. The molecule has 0 atom stereocenters. The van der Waals surface area contributed by atoms with E-state index in [0.717, 1.165) is 6.42 Å². The molecule has 0 spiro atoms. The van der Waals surface area contributed by atoms with Crippen LogP contribution in [0.25, 0.3) is 0 Å². The third kappa shape index (κ3) is 5.27. The van der Waals surface area contributed by atoms with Crippen LogP contribution >= 0.6 is 0 Å². The van der Waals surface area contributed by atoms with Crippen LogP contribution in [0.15, 0.2) is 0 Å². The van der Waals surface area contributed by atoms with Gasteiger partial charge in [0.15, 0.2) is 0 Å². The first-order valence-corrected chi connectivity index (χ1v) is 3.02. The van der Waals surface area contributed by atoms with E-state index in [-0.39, 0.29) is 6.42 Å². The van der Waals surface area contributed by atoms with Crippen molar-refractivity contribution in [2.75, 3.05) is 13.3 Å². The zero-order valence-electron chi connectivity index (χ0n) is 5.52. The molecule has 0 N–H and O–H groups in total. The first-order valence-electron chi connectivity index (χ1n) is 3.02. The van der Waals surface area contributed by atoms with Gasteiger partial charge in [-0.3, -0.25) is 9.18 Å². The van der Waals surface area contributed by atoms with Gasteiger partial charge in [-0.25, -0.2) is 0 Å². The van der Waals surface area contributed by atoms with Crippen LogP contribution in [0.3, 0.4) is 0 Å². The summed E-state index contributed by atoms with van der Waals surface area (Å²) in [6.45, 7) is 1.67. The molecule has 0 saturated carbocycles. The number of ether oxygens (including phenoxy) is 1. The molecule has 0 aliphatic rings. The Hall–Kier alpha value is -0.600. The quantitative estimate of drug-likeness (QED) is 0.542. The number of alkyl halides is 1. The van der Waals surface area contributed by atoms with Crippen molar-refractivity contribution in [2.45, 2.75) is 19.8 Å². The first kappa shape index (κ1) is 8.40. The molecular formula is C6H11FO2. The van der Waals surface area contributed by atoms with Crippen molar-refractivity contribution in [1.82, 2.24) is 0 Å². The van der Waals surface area contributed by atoms with Crippen LogP contribution in [0, 0.1) is 0 Å². The van der Waals surface area contributed by atoms with Crippen molar-refractivity contribution in [2.24, 2.45) is 0 Å². The zero-order valence-corrected chi connectivity index (χ0v) is 5.52. The number of halogens is 1. The van der Waals surface area contributed by atoms with E-state index in [9.17, 15) is 9.18 Å². The summed E-state index contributed by atoms with van der Waals surface area (Å²) in [6.07, 6.45) is 0.679. The highest BCUT2D eigenvalue weighted by atomic mass is 19.1. The SMILES string of the molecule is CCCOC(=O)CCF. The van der Waals surface area contributed by atoms with Gasteiger partial charge in [-0.1, -0.05) is 6.92 Å². The Bertz CT molecular complexity index is 83.1. The smallest absolute Gasteiger partial charge is 0.308 e. The summed E-state index contributed by atoms with van der Waals surface area (Å²) < 4.78 is 15.9. The summed E-state index contributed by atoms with van der Waals surface area (Å²) in [5.74, 6) is -0.445. The summed E-state index contributed by atoms with van der Waals surface area (Å²) >= 11 is 0. The van der Waals surface area contributed by atoms with E-state index in [1.807, 2.05) is 6.92 Å². The van der Waals surface area contributed by atoms with Crippen molar-refractivity contribution < 1.29 is 13.9 Å². The van der Waals surface area contributed by atoms with Gasteiger partial charge in [0, 0.05) is 0 Å². The lowest BCUT2D eigenvalue weighted by Gasteiger charge is -1.98. The minimum absolute atomic E-state index is 0.111. The van der Waals surface area contributed by atoms with Gasteiger partial charge in [0.05, 0.1) is 19.7 Å². The Kier molecular flexibility index (Phi) is 5.17. The maximum atomic E-state index is 11.4. The fourth-order valence-electron chi connectivity index (χ4n) is 0.365. The van der Waals surface area contributed by atoms with E-state index in [1.165, 1.54) is 0 Å². The molecule has 0 aliphatic heterocycles. The number of esters is 1. The van der Waals surface area contributed by atoms with E-state index >= 15 is 0 Å². The first-order chi connectivity index (χ1) is 4.31. The Balaban J connectivity index is 3.06. The minimum atomic E-state index is -0.622. The molecule has 3 heteroatoms. The number of hydrogen-bond acceptors (Lipinski definition) is 2. The van der Waals surface area contributed by atoms with Crippen LogP contribution in [0.2, 0.25) is 0 Å². The average Bonchev–Trinajstić information content (AvgIpc) is 1.85. The second-order valence-corrected chi connectivity index (χ2v) is 1.66. The van der Waals surface area contributed by atoms with Crippen LogP contribution in [0.1, 0.15) is 19.8 Å². The molecule has 0 heterocycles. The zero-order chi connectivity index (χ0) is 7.11. The van der Waals surface area contributed by atoms with E-state index in [0.29, 0.717) is 6.61 Å². The topological polar surface area (TPSA) is 26.3 Å². The van der Waals surface area contributed by atoms with Gasteiger partial charge in [0.1, 0.15) is 0 Å². The lowest BCUT2D eigenvalue weighted by Crippen LogP contribution is -2.05. The molecule has 0 aliphatic carbocycles. The van der Waals surface area contributed by atoms with Gasteiger partial charge in [-0.05, 0) is 6.42 Å². The highest BCUT2D eigenvalue weighted by Gasteiger charge is 1.98. The number of rotatable bonds is 4. The molecule has 9 heavy (non-hydrogen) atoms. The minimum Gasteiger partial charge on any atom is -0.466 e. The van der Waals surface area contributed by atoms with Crippen molar-refractivity contribution in [1.29, 1.82) is 0 Å². The maximum absolute atomic E-state index is 11.4. The summed E-state index contributed by atoms with van der Waals surface area (Å²) in [6, 6.07) is 0. The summed E-state index contributed by atoms with van der Waals surface area (Å²) in [4.78, 5) is 10.3. The Labute approximate surface area is 54.0 Å². The predicted molar refractivity (Wildman–Crippen MR) is 31.8 cm³/mol. The van der Waals surface area contributed by atoms with Crippen molar-refractivity contribution in [3.63, 3.8) is 0 Å². The summed E-state index contributed by atoms with van der Waals surface area (Å²) in [5, 5.41) is 0. The van der Waals surface area contributed by atoms with Crippen LogP contribution < -0.4 is 0 Å². The van der Waals surface area contributed by atoms with E-state index in [2.05, 4.69) is 4.74 Å². The number of hydrogen-bond donors (Lipinski definition) is 0. The highest BCUT2D eigenvalue weighted by Crippen LogP contribution is 1.88. The predicted octanol–water partition coefficient (Wildman–Crippen LogP) is 1.30. The van der Waals surface area contributed by atoms with Crippen LogP contribution in [0.4, 0.5) is 4.39 Å². The molecule has 0 saturated heterocycles. The standard InChI is InChI=1S/C6H11FO2/c1-2-5-9-6(8)3-4-7/h2-5H2,1H3. The van der Waals surface area contributed by atoms with E-state index in [4.69, 9.17) is 0 Å². The molecule has 0 amide bonds. The molecule has 2 nitrogen and oxygen atoms in total. The molecule has 0 radical (unpaired) electrons. The molecule has 0 aromatic rings. The normalized spacial score (nSPS) is 9.11. The second kappa shape index (κ2) is 5.54. The molecule has 54 valence electrons. The third-order valence-electron chi connectivity index (χ3n) is 0.766. The fourth-order valence-corrected chi connectivity index (χ4v) is 0.365. The molecule has 0 fully saturated rings. The summed E-state index contributed by atoms with van der Waals surface area (Å²) in [5.41, 5.74) is 0. The molecule has 0 aromatic carbocycles. The van der Waals surface area contributed by atoms with Crippen LogP contribution in [0.5, 0.6) is 0 Å².